The molecule has 0 amide bonds. The van der Waals surface area contributed by atoms with Gasteiger partial charge in [0.2, 0.25) is 0 Å². The molecule has 6 heteroatoms. The number of furan rings is 1. The molecular formula is C23H19AsN2O2S. The Morgan fingerprint density at radius 2 is 1.90 bits per heavy atom. The Morgan fingerprint density at radius 3 is 2.76 bits per heavy atom. The molecule has 0 N–H and O–H groups in total. The van der Waals surface area contributed by atoms with Crippen LogP contribution in [0.25, 0.3) is 21.3 Å². The summed E-state index contributed by atoms with van der Waals surface area (Å²) < 4.78 is 13.1. The fraction of sp³-hybridized carbons (Fsp3) is 0.130. The summed E-state index contributed by atoms with van der Waals surface area (Å²) in [5, 5.41) is 3.91. The van der Waals surface area contributed by atoms with Gasteiger partial charge in [0.15, 0.2) is 0 Å². The van der Waals surface area contributed by atoms with Crippen molar-refractivity contribution in [1.82, 2.24) is 9.97 Å². The minimum atomic E-state index is -1.01. The predicted octanol–water partition coefficient (Wildman–Crippen LogP) is 6.22. The Balaban J connectivity index is 1.31. The van der Waals surface area contributed by atoms with Crippen molar-refractivity contribution < 1.29 is 9.15 Å². The number of pyridine rings is 1. The van der Waals surface area contributed by atoms with Crippen LogP contribution in [-0.4, -0.2) is 24.6 Å². The van der Waals surface area contributed by atoms with Gasteiger partial charge >= 0.3 is 178 Å². The second-order valence-corrected chi connectivity index (χ2v) is 12.9. The first-order valence-electron chi connectivity index (χ1n) is 9.37. The van der Waals surface area contributed by atoms with E-state index in [0.29, 0.717) is 5.19 Å². The molecule has 3 aromatic heterocycles. The summed E-state index contributed by atoms with van der Waals surface area (Å²) in [6, 6.07) is 22.7. The molecule has 1 unspecified atom stereocenters. The van der Waals surface area contributed by atoms with Crippen LogP contribution in [0.5, 0.6) is 10.9 Å². The third-order valence-corrected chi connectivity index (χ3v) is 9.18. The van der Waals surface area contributed by atoms with E-state index in [4.69, 9.17) is 9.15 Å². The molecule has 0 saturated heterocycles. The average molecular weight is 462 g/mol. The molecule has 0 spiro atoms. The zero-order valence-electron chi connectivity index (χ0n) is 15.9. The van der Waals surface area contributed by atoms with E-state index >= 15 is 0 Å². The van der Waals surface area contributed by atoms with Gasteiger partial charge in [-0.15, -0.1) is 0 Å². The molecule has 4 nitrogen and oxygen atoms in total. The van der Waals surface area contributed by atoms with Crippen LogP contribution < -0.4 is 4.74 Å². The van der Waals surface area contributed by atoms with Crippen LogP contribution in [0.3, 0.4) is 0 Å². The van der Waals surface area contributed by atoms with Gasteiger partial charge in [-0.2, -0.15) is 0 Å². The molecule has 0 aliphatic carbocycles. The minimum absolute atomic E-state index is 0.603. The Hall–Kier alpha value is -2.62. The van der Waals surface area contributed by atoms with E-state index in [-0.39, 0.29) is 0 Å². The number of benzene rings is 2. The molecule has 3 heterocycles. The second kappa shape index (κ2) is 8.02. The van der Waals surface area contributed by atoms with E-state index in [2.05, 4.69) is 52.1 Å². The van der Waals surface area contributed by atoms with Crippen molar-refractivity contribution in [1.29, 1.82) is 0 Å². The Morgan fingerprint density at radius 1 is 1.00 bits per heavy atom. The molecule has 0 saturated carbocycles. The molecule has 0 radical (unpaired) electrons. The standard InChI is InChI=1S/C23H19AsN2O2S/c1-24(14-16-6-3-2-4-7-16)15-19-13-17-12-18(9-10-20(17)27-19)28-23-26-22-21(29-23)8-5-11-25-22/h2-13H,14-15H2,1H3. The van der Waals surface area contributed by atoms with Crippen molar-refractivity contribution in [3.05, 3.63) is 84.3 Å². The van der Waals surface area contributed by atoms with Gasteiger partial charge in [-0.05, 0) is 0 Å². The van der Waals surface area contributed by atoms with Crippen LogP contribution >= 0.6 is 11.3 Å². The van der Waals surface area contributed by atoms with Crippen LogP contribution in [0.15, 0.2) is 77.3 Å². The fourth-order valence-electron chi connectivity index (χ4n) is 3.33. The average Bonchev–Trinajstić information content (AvgIpc) is 3.30. The maximum atomic E-state index is 6.09. The number of hydrogen-bond donors (Lipinski definition) is 0. The molecule has 0 bridgehead atoms. The first-order valence-corrected chi connectivity index (χ1v) is 14.7. The van der Waals surface area contributed by atoms with E-state index in [9.17, 15) is 0 Å². The number of aromatic nitrogens is 2. The number of nitrogens with zero attached hydrogens (tertiary/aromatic N) is 2. The van der Waals surface area contributed by atoms with Crippen LogP contribution in [0.1, 0.15) is 11.3 Å². The van der Waals surface area contributed by atoms with Crippen molar-refractivity contribution in [2.75, 3.05) is 0 Å². The van der Waals surface area contributed by atoms with Crippen molar-refractivity contribution in [3.63, 3.8) is 0 Å². The van der Waals surface area contributed by atoms with Gasteiger partial charge in [0.05, 0.1) is 0 Å². The Kier molecular flexibility index (Phi) is 5.09. The molecule has 2 aromatic carbocycles. The normalized spacial score (nSPS) is 12.4. The van der Waals surface area contributed by atoms with Gasteiger partial charge in [0, 0.05) is 0 Å². The first-order chi connectivity index (χ1) is 14.2. The van der Waals surface area contributed by atoms with E-state index < -0.39 is 14.7 Å². The Labute approximate surface area is 177 Å². The summed E-state index contributed by atoms with van der Waals surface area (Å²) in [4.78, 5) is 8.70. The van der Waals surface area contributed by atoms with Crippen molar-refractivity contribution in [2.24, 2.45) is 0 Å². The molecule has 5 aromatic rings. The summed E-state index contributed by atoms with van der Waals surface area (Å²) in [6.45, 7) is 0. The van der Waals surface area contributed by atoms with Crippen LogP contribution in [0.4, 0.5) is 0 Å². The van der Waals surface area contributed by atoms with Crippen LogP contribution in [-0.2, 0) is 10.4 Å². The number of rotatable bonds is 6. The summed E-state index contributed by atoms with van der Waals surface area (Å²) >= 11 is 0.488. The molecular weight excluding hydrogens is 443 g/mol. The van der Waals surface area contributed by atoms with Crippen molar-refractivity contribution in [3.8, 4) is 10.9 Å². The summed E-state index contributed by atoms with van der Waals surface area (Å²) in [5.41, 5.74) is 5.45. The van der Waals surface area contributed by atoms with Gasteiger partial charge < -0.3 is 0 Å². The van der Waals surface area contributed by atoms with E-state index in [0.717, 1.165) is 38.0 Å². The number of fused-ring (bicyclic) bond motifs is 2. The quantitative estimate of drug-likeness (QED) is 0.281. The van der Waals surface area contributed by atoms with E-state index in [1.54, 1.807) is 6.20 Å². The number of hydrogen-bond acceptors (Lipinski definition) is 5. The summed E-state index contributed by atoms with van der Waals surface area (Å²) in [5.74, 6) is 1.83. The zero-order valence-corrected chi connectivity index (χ0v) is 18.6. The van der Waals surface area contributed by atoms with Gasteiger partial charge in [-0.3, -0.25) is 0 Å². The summed E-state index contributed by atoms with van der Waals surface area (Å²) in [6.07, 6.45) is 1.74. The predicted molar refractivity (Wildman–Crippen MR) is 119 cm³/mol. The molecule has 0 aliphatic heterocycles. The topological polar surface area (TPSA) is 48.2 Å². The first kappa shape index (κ1) is 18.4. The fourth-order valence-corrected chi connectivity index (χ4v) is 7.55. The van der Waals surface area contributed by atoms with E-state index in [1.165, 1.54) is 22.1 Å². The van der Waals surface area contributed by atoms with Crippen molar-refractivity contribution >= 4 is 47.3 Å². The Bertz CT molecular complexity index is 1230. The third-order valence-electron chi connectivity index (χ3n) is 4.61. The maximum absolute atomic E-state index is 6.09. The molecule has 0 aliphatic rings. The SMILES string of the molecule is C[As](Cc1ccccc1)Cc1cc2cc(Oc3nc4ncccc4s3)ccc2o1. The van der Waals surface area contributed by atoms with Crippen LogP contribution in [0.2, 0.25) is 5.71 Å². The molecule has 0 fully saturated rings. The molecule has 29 heavy (non-hydrogen) atoms. The number of thiazole rings is 1. The third kappa shape index (κ3) is 4.21. The molecule has 1 atom stereocenters. The number of ether oxygens (including phenoxy) is 1. The van der Waals surface area contributed by atoms with Gasteiger partial charge in [-0.1, -0.05) is 0 Å². The second-order valence-electron chi connectivity index (χ2n) is 6.98. The molecule has 5 rings (SSSR count). The van der Waals surface area contributed by atoms with Gasteiger partial charge in [0.1, 0.15) is 0 Å². The van der Waals surface area contributed by atoms with Crippen LogP contribution in [0, 0.1) is 0 Å². The van der Waals surface area contributed by atoms with E-state index in [1.807, 2.05) is 30.3 Å². The van der Waals surface area contributed by atoms with Gasteiger partial charge in [-0.25, -0.2) is 0 Å². The summed E-state index contributed by atoms with van der Waals surface area (Å²) in [7, 11) is 0. The zero-order chi connectivity index (χ0) is 19.6. The molecule has 144 valence electrons. The van der Waals surface area contributed by atoms with Gasteiger partial charge in [0.25, 0.3) is 0 Å². The monoisotopic (exact) mass is 462 g/mol. The van der Waals surface area contributed by atoms with Crippen molar-refractivity contribution in [2.45, 2.75) is 16.1 Å².